The lowest BCUT2D eigenvalue weighted by molar-refractivity contribution is 0.0462. The highest BCUT2D eigenvalue weighted by Crippen LogP contribution is 2.34. The lowest BCUT2D eigenvalue weighted by Gasteiger charge is -2.06. The summed E-state index contributed by atoms with van der Waals surface area (Å²) in [5.41, 5.74) is 2.41. The van der Waals surface area contributed by atoms with Crippen molar-refractivity contribution in [2.24, 2.45) is 0 Å². The van der Waals surface area contributed by atoms with Gasteiger partial charge in [0, 0.05) is 23.0 Å². The SMILES string of the molecule is O=C(OCc1nc2sc3c(c2c(=O)[nH]1)CCC3)c1ccc(-n2cccc2)cc1. The number of H-pyrrole nitrogens is 1. The van der Waals surface area contributed by atoms with Crippen LogP contribution < -0.4 is 5.56 Å². The van der Waals surface area contributed by atoms with Crippen molar-refractivity contribution < 1.29 is 9.53 Å². The predicted octanol–water partition coefficient (Wildman–Crippen LogP) is 3.62. The molecule has 1 aliphatic rings. The number of thiophene rings is 1. The molecule has 1 aromatic carbocycles. The third-order valence-corrected chi connectivity index (χ3v) is 6.16. The molecule has 0 spiro atoms. The van der Waals surface area contributed by atoms with Crippen molar-refractivity contribution in [2.75, 3.05) is 0 Å². The smallest absolute Gasteiger partial charge is 0.338 e. The highest BCUT2D eigenvalue weighted by atomic mass is 32.1. The van der Waals surface area contributed by atoms with E-state index in [1.807, 2.05) is 41.2 Å². The molecule has 0 saturated carbocycles. The van der Waals surface area contributed by atoms with Gasteiger partial charge >= 0.3 is 5.97 Å². The van der Waals surface area contributed by atoms with Gasteiger partial charge in [0.25, 0.3) is 5.56 Å². The van der Waals surface area contributed by atoms with E-state index in [-0.39, 0.29) is 12.2 Å². The molecule has 1 N–H and O–H groups in total. The number of aryl methyl sites for hydroxylation is 2. The normalized spacial score (nSPS) is 13.0. The van der Waals surface area contributed by atoms with Crippen LogP contribution in [0.5, 0.6) is 0 Å². The van der Waals surface area contributed by atoms with Crippen molar-refractivity contribution in [3.05, 3.63) is 81.0 Å². The average molecular weight is 391 g/mol. The van der Waals surface area contributed by atoms with Crippen molar-refractivity contribution in [3.8, 4) is 5.69 Å². The molecule has 0 unspecified atom stereocenters. The summed E-state index contributed by atoms with van der Waals surface area (Å²) >= 11 is 1.57. The van der Waals surface area contributed by atoms with Gasteiger partial charge in [-0.15, -0.1) is 11.3 Å². The molecular formula is C21H17N3O3S. The summed E-state index contributed by atoms with van der Waals surface area (Å²) in [5.74, 6) is -0.0785. The zero-order chi connectivity index (χ0) is 19.1. The minimum Gasteiger partial charge on any atom is -0.454 e. The standard InChI is InChI=1S/C21H17N3O3S/c25-19-18-15-4-3-5-16(15)28-20(18)23-17(22-19)12-27-21(26)13-6-8-14(9-7-13)24-10-1-2-11-24/h1-2,6-11H,3-5,12H2,(H,22,23,25). The quantitative estimate of drug-likeness (QED) is 0.539. The van der Waals surface area contributed by atoms with E-state index in [0.717, 1.165) is 35.3 Å². The first-order valence-electron chi connectivity index (χ1n) is 9.13. The summed E-state index contributed by atoms with van der Waals surface area (Å²) in [6.45, 7) is -0.0636. The van der Waals surface area contributed by atoms with Crippen LogP contribution in [0.25, 0.3) is 15.9 Å². The zero-order valence-electron chi connectivity index (χ0n) is 15.0. The number of fused-ring (bicyclic) bond motifs is 3. The van der Waals surface area contributed by atoms with Gasteiger partial charge in [-0.25, -0.2) is 9.78 Å². The Balaban J connectivity index is 1.32. The Morgan fingerprint density at radius 2 is 1.96 bits per heavy atom. The number of aromatic amines is 1. The van der Waals surface area contributed by atoms with Crippen LogP contribution in [0.3, 0.4) is 0 Å². The minimum absolute atomic E-state index is 0.0636. The van der Waals surface area contributed by atoms with Crippen LogP contribution in [0.1, 0.15) is 33.0 Å². The Labute approximate surface area is 164 Å². The summed E-state index contributed by atoms with van der Waals surface area (Å²) in [5, 5.41) is 0.702. The summed E-state index contributed by atoms with van der Waals surface area (Å²) in [6, 6.07) is 11.0. The Morgan fingerprint density at radius 1 is 1.18 bits per heavy atom. The number of benzene rings is 1. The highest BCUT2D eigenvalue weighted by molar-refractivity contribution is 7.18. The van der Waals surface area contributed by atoms with Gasteiger partial charge in [0.05, 0.1) is 10.9 Å². The molecule has 0 atom stereocenters. The Bertz CT molecular complexity index is 1220. The molecule has 6 nitrogen and oxygen atoms in total. The fourth-order valence-electron chi connectivity index (χ4n) is 3.61. The molecule has 0 bridgehead atoms. The first kappa shape index (κ1) is 16.9. The Morgan fingerprint density at radius 3 is 2.75 bits per heavy atom. The molecule has 140 valence electrons. The third-order valence-electron chi connectivity index (χ3n) is 4.97. The molecule has 0 amide bonds. The van der Waals surface area contributed by atoms with Gasteiger partial charge < -0.3 is 14.3 Å². The van der Waals surface area contributed by atoms with Gasteiger partial charge in [0.15, 0.2) is 0 Å². The molecule has 0 fully saturated rings. The number of hydrogen-bond donors (Lipinski definition) is 1. The van der Waals surface area contributed by atoms with E-state index in [9.17, 15) is 9.59 Å². The van der Waals surface area contributed by atoms with Crippen molar-refractivity contribution in [3.63, 3.8) is 0 Å². The molecular weight excluding hydrogens is 374 g/mol. The van der Waals surface area contributed by atoms with Crippen LogP contribution in [0.4, 0.5) is 0 Å². The van der Waals surface area contributed by atoms with Gasteiger partial charge in [-0.2, -0.15) is 0 Å². The van der Waals surface area contributed by atoms with Crippen LogP contribution in [-0.2, 0) is 24.2 Å². The zero-order valence-corrected chi connectivity index (χ0v) is 15.8. The first-order valence-corrected chi connectivity index (χ1v) is 9.95. The molecule has 0 aliphatic heterocycles. The fraction of sp³-hybridized carbons (Fsp3) is 0.190. The number of rotatable bonds is 4. The van der Waals surface area contributed by atoms with Gasteiger partial charge in [-0.1, -0.05) is 0 Å². The predicted molar refractivity (Wildman–Crippen MR) is 107 cm³/mol. The topological polar surface area (TPSA) is 77.0 Å². The van der Waals surface area contributed by atoms with Gasteiger partial charge in [0.1, 0.15) is 17.3 Å². The number of carbonyl (C=O) groups is 1. The summed E-state index contributed by atoms with van der Waals surface area (Å²) < 4.78 is 7.31. The van der Waals surface area contributed by atoms with Gasteiger partial charge in [-0.05, 0) is 61.2 Å². The second kappa shape index (κ2) is 6.76. The first-order chi connectivity index (χ1) is 13.7. The molecule has 5 rings (SSSR count). The molecule has 0 saturated heterocycles. The lowest BCUT2D eigenvalue weighted by atomic mass is 10.2. The molecule has 0 radical (unpaired) electrons. The number of aromatic nitrogens is 3. The van der Waals surface area contributed by atoms with E-state index in [2.05, 4.69) is 9.97 Å². The van der Waals surface area contributed by atoms with Crippen molar-refractivity contribution in [2.45, 2.75) is 25.9 Å². The van der Waals surface area contributed by atoms with E-state index >= 15 is 0 Å². The summed E-state index contributed by atoms with van der Waals surface area (Å²) in [6.07, 6.45) is 6.92. The second-order valence-corrected chi connectivity index (χ2v) is 7.85. The van der Waals surface area contributed by atoms with E-state index in [0.29, 0.717) is 16.8 Å². The molecule has 7 heteroatoms. The maximum Gasteiger partial charge on any atom is 0.338 e. The summed E-state index contributed by atoms with van der Waals surface area (Å²) in [7, 11) is 0. The number of nitrogens with zero attached hydrogens (tertiary/aromatic N) is 2. The molecule has 3 aromatic heterocycles. The molecule has 1 aliphatic carbocycles. The minimum atomic E-state index is -0.449. The maximum atomic E-state index is 12.5. The number of hydrogen-bond acceptors (Lipinski definition) is 5. The average Bonchev–Trinajstić information content (AvgIpc) is 3.43. The number of carbonyl (C=O) groups excluding carboxylic acids is 1. The monoisotopic (exact) mass is 391 g/mol. The van der Waals surface area contributed by atoms with Crippen LogP contribution in [0.15, 0.2) is 53.6 Å². The van der Waals surface area contributed by atoms with Crippen LogP contribution in [-0.4, -0.2) is 20.5 Å². The van der Waals surface area contributed by atoms with Crippen LogP contribution in [0, 0.1) is 0 Å². The number of ether oxygens (including phenoxy) is 1. The fourth-order valence-corrected chi connectivity index (χ4v) is 4.89. The molecule has 3 heterocycles. The Hall–Kier alpha value is -3.19. The molecule has 4 aromatic rings. The van der Waals surface area contributed by atoms with E-state index in [4.69, 9.17) is 4.74 Å². The van der Waals surface area contributed by atoms with Gasteiger partial charge in [-0.3, -0.25) is 4.79 Å². The van der Waals surface area contributed by atoms with E-state index in [1.165, 1.54) is 4.88 Å². The molecule has 28 heavy (non-hydrogen) atoms. The highest BCUT2D eigenvalue weighted by Gasteiger charge is 2.21. The van der Waals surface area contributed by atoms with E-state index < -0.39 is 5.97 Å². The maximum absolute atomic E-state index is 12.5. The van der Waals surface area contributed by atoms with Gasteiger partial charge in [0.2, 0.25) is 0 Å². The third kappa shape index (κ3) is 2.93. The second-order valence-electron chi connectivity index (χ2n) is 6.76. The van der Waals surface area contributed by atoms with Crippen molar-refractivity contribution in [1.29, 1.82) is 0 Å². The number of nitrogens with one attached hydrogen (secondary N) is 1. The van der Waals surface area contributed by atoms with Crippen LogP contribution >= 0.6 is 11.3 Å². The van der Waals surface area contributed by atoms with Crippen molar-refractivity contribution >= 4 is 27.5 Å². The largest absolute Gasteiger partial charge is 0.454 e. The lowest BCUT2D eigenvalue weighted by Crippen LogP contribution is -2.14. The van der Waals surface area contributed by atoms with Crippen LogP contribution in [0.2, 0.25) is 0 Å². The van der Waals surface area contributed by atoms with E-state index in [1.54, 1.807) is 23.5 Å². The number of esters is 1. The van der Waals surface area contributed by atoms with Crippen molar-refractivity contribution in [1.82, 2.24) is 14.5 Å². The Kier molecular flexibility index (Phi) is 4.09. The summed E-state index contributed by atoms with van der Waals surface area (Å²) in [4.78, 5) is 34.0.